The highest BCUT2D eigenvalue weighted by Gasteiger charge is 2.42. The molecule has 0 saturated heterocycles. The lowest BCUT2D eigenvalue weighted by molar-refractivity contribution is 0.0378. The number of hydrogen-bond acceptors (Lipinski definition) is 4. The van der Waals surface area contributed by atoms with Crippen LogP contribution >= 0.6 is 18.2 Å². The molecular weight excluding hydrogens is 291 g/mol. The first-order valence-corrected chi connectivity index (χ1v) is 10.5. The van der Waals surface area contributed by atoms with Gasteiger partial charge in [0, 0.05) is 4.75 Å². The van der Waals surface area contributed by atoms with Gasteiger partial charge in [0.25, 0.3) is 0 Å². The Morgan fingerprint density at radius 1 is 0.800 bits per heavy atom. The molecule has 0 radical (unpaired) electrons. The Morgan fingerprint density at radius 3 is 1.40 bits per heavy atom. The third-order valence-electron chi connectivity index (χ3n) is 3.63. The first-order valence-electron chi connectivity index (χ1n) is 7.52. The monoisotopic (exact) mass is 324 g/mol. The molecule has 20 heavy (non-hydrogen) atoms. The van der Waals surface area contributed by atoms with Gasteiger partial charge < -0.3 is 0 Å². The minimum atomic E-state index is -3.22. The van der Waals surface area contributed by atoms with Gasteiger partial charge in [0.2, 0.25) is 0 Å². The van der Waals surface area contributed by atoms with Crippen LogP contribution in [0.25, 0.3) is 0 Å². The molecule has 0 aromatic heterocycles. The Bertz CT molecular complexity index is 299. The molecule has 122 valence electrons. The Morgan fingerprint density at radius 2 is 1.15 bits per heavy atom. The molecular formula is C15H33O3PS. The topological polar surface area (TPSA) is 35.5 Å². The standard InChI is InChI=1S/C15H33O3PS/c1-10-13(4,5)17-19(16,18-14(6,7)11-2)20-15(8,9)12-3/h10-12H2,1-9H3. The van der Waals surface area contributed by atoms with E-state index in [0.29, 0.717) is 0 Å². The lowest BCUT2D eigenvalue weighted by Gasteiger charge is -2.37. The van der Waals surface area contributed by atoms with Gasteiger partial charge in [-0.1, -0.05) is 34.6 Å². The molecule has 0 aromatic carbocycles. The van der Waals surface area contributed by atoms with Crippen LogP contribution < -0.4 is 0 Å². The van der Waals surface area contributed by atoms with Crippen LogP contribution in [0.3, 0.4) is 0 Å². The van der Waals surface area contributed by atoms with Crippen molar-refractivity contribution in [2.24, 2.45) is 0 Å². The predicted molar refractivity (Wildman–Crippen MR) is 90.5 cm³/mol. The molecule has 3 nitrogen and oxygen atoms in total. The van der Waals surface area contributed by atoms with Crippen LogP contribution in [0.4, 0.5) is 0 Å². The maximum atomic E-state index is 13.3. The molecule has 0 aromatic rings. The van der Waals surface area contributed by atoms with E-state index >= 15 is 0 Å². The zero-order chi connectivity index (χ0) is 16.2. The van der Waals surface area contributed by atoms with Crippen LogP contribution in [0.5, 0.6) is 0 Å². The van der Waals surface area contributed by atoms with Crippen LogP contribution in [-0.4, -0.2) is 15.9 Å². The lowest BCUT2D eigenvalue weighted by Crippen LogP contribution is -2.28. The molecule has 0 spiro atoms. The van der Waals surface area contributed by atoms with Crippen LogP contribution in [0, 0.1) is 0 Å². The molecule has 0 aliphatic heterocycles. The highest BCUT2D eigenvalue weighted by Crippen LogP contribution is 2.69. The second kappa shape index (κ2) is 7.17. The van der Waals surface area contributed by atoms with Crippen molar-refractivity contribution in [3.05, 3.63) is 0 Å². The van der Waals surface area contributed by atoms with Crippen molar-refractivity contribution >= 4 is 18.2 Å². The maximum absolute atomic E-state index is 13.3. The van der Waals surface area contributed by atoms with Crippen molar-refractivity contribution < 1.29 is 13.6 Å². The van der Waals surface area contributed by atoms with Gasteiger partial charge in [-0.3, -0.25) is 9.05 Å². The summed E-state index contributed by atoms with van der Waals surface area (Å²) in [4.78, 5) is 0. The summed E-state index contributed by atoms with van der Waals surface area (Å²) >= 11 is 1.34. The molecule has 0 N–H and O–H groups in total. The van der Waals surface area contributed by atoms with Gasteiger partial charge in [0.15, 0.2) is 0 Å². The summed E-state index contributed by atoms with van der Waals surface area (Å²) in [7, 11) is 0. The SMILES string of the molecule is CCC(C)(C)OP(=O)(OC(C)(C)CC)SC(C)(C)CC. The smallest absolute Gasteiger partial charge is 0.295 e. The van der Waals surface area contributed by atoms with E-state index in [1.165, 1.54) is 11.4 Å². The molecule has 0 rings (SSSR count). The average molecular weight is 324 g/mol. The van der Waals surface area contributed by atoms with Crippen LogP contribution in [0.2, 0.25) is 0 Å². The molecule has 0 bridgehead atoms. The summed E-state index contributed by atoms with van der Waals surface area (Å²) in [5, 5.41) is 0. The third-order valence-corrected chi connectivity index (χ3v) is 8.67. The van der Waals surface area contributed by atoms with E-state index in [1.807, 2.05) is 41.5 Å². The number of hydrogen-bond donors (Lipinski definition) is 0. The molecule has 0 heterocycles. The zero-order valence-corrected chi connectivity index (χ0v) is 16.4. The van der Waals surface area contributed by atoms with Crippen LogP contribution in [0.15, 0.2) is 0 Å². The quantitative estimate of drug-likeness (QED) is 0.458. The Labute approximate surface area is 129 Å². The van der Waals surface area contributed by atoms with Gasteiger partial charge in [-0.15, -0.1) is 0 Å². The predicted octanol–water partition coefficient (Wildman–Crippen LogP) is 6.43. The van der Waals surface area contributed by atoms with E-state index in [4.69, 9.17) is 9.05 Å². The fraction of sp³-hybridized carbons (Fsp3) is 1.00. The highest BCUT2D eigenvalue weighted by molar-refractivity contribution is 8.55. The first kappa shape index (κ1) is 20.5. The molecule has 0 saturated carbocycles. The van der Waals surface area contributed by atoms with Gasteiger partial charge in [-0.2, -0.15) is 0 Å². The summed E-state index contributed by atoms with van der Waals surface area (Å²) < 4.78 is 25.0. The van der Waals surface area contributed by atoms with E-state index < -0.39 is 18.0 Å². The second-order valence-corrected chi connectivity index (χ2v) is 11.5. The normalized spacial score (nSPS) is 14.7. The van der Waals surface area contributed by atoms with Gasteiger partial charge in [0.1, 0.15) is 0 Å². The van der Waals surface area contributed by atoms with Crippen molar-refractivity contribution in [3.8, 4) is 0 Å². The number of rotatable bonds is 9. The molecule has 0 aliphatic rings. The second-order valence-electron chi connectivity index (χ2n) is 7.06. The summed E-state index contributed by atoms with van der Waals surface area (Å²) in [5.74, 6) is 0. The Hall–Kier alpha value is 0.500. The van der Waals surface area contributed by atoms with Crippen LogP contribution in [-0.2, 0) is 13.6 Å². The van der Waals surface area contributed by atoms with Gasteiger partial charge in [-0.25, -0.2) is 4.57 Å². The van der Waals surface area contributed by atoms with Gasteiger partial charge in [-0.05, 0) is 58.3 Å². The highest BCUT2D eigenvalue weighted by atomic mass is 32.7. The summed E-state index contributed by atoms with van der Waals surface area (Å²) in [6, 6.07) is 0. The van der Waals surface area contributed by atoms with Gasteiger partial charge >= 0.3 is 6.80 Å². The van der Waals surface area contributed by atoms with E-state index in [-0.39, 0.29) is 4.75 Å². The Balaban J connectivity index is 5.29. The molecule has 0 amide bonds. The summed E-state index contributed by atoms with van der Waals surface area (Å²) in [6.07, 6.45) is 2.49. The fourth-order valence-corrected chi connectivity index (χ4v) is 7.11. The maximum Gasteiger partial charge on any atom is 0.390 e. The summed E-state index contributed by atoms with van der Waals surface area (Å²) in [6.45, 7) is 14.9. The fourth-order valence-electron chi connectivity index (χ4n) is 1.16. The van der Waals surface area contributed by atoms with E-state index in [9.17, 15) is 4.57 Å². The van der Waals surface area contributed by atoms with Gasteiger partial charge in [0.05, 0.1) is 11.2 Å². The first-order chi connectivity index (χ1) is 8.80. The average Bonchev–Trinajstić information content (AvgIpc) is 2.26. The molecule has 5 heteroatoms. The largest absolute Gasteiger partial charge is 0.390 e. The van der Waals surface area contributed by atoms with Crippen molar-refractivity contribution in [1.29, 1.82) is 0 Å². The van der Waals surface area contributed by atoms with Crippen molar-refractivity contribution in [2.75, 3.05) is 0 Å². The molecule has 0 fully saturated rings. The lowest BCUT2D eigenvalue weighted by atomic mass is 10.1. The van der Waals surface area contributed by atoms with Crippen molar-refractivity contribution in [3.63, 3.8) is 0 Å². The Kier molecular flexibility index (Phi) is 7.35. The summed E-state index contributed by atoms with van der Waals surface area (Å²) in [5.41, 5.74) is -0.896. The van der Waals surface area contributed by atoms with Crippen molar-refractivity contribution in [1.82, 2.24) is 0 Å². The van der Waals surface area contributed by atoms with E-state index in [1.54, 1.807) is 0 Å². The molecule has 0 atom stereocenters. The molecule has 0 aliphatic carbocycles. The molecule has 0 unspecified atom stereocenters. The third kappa shape index (κ3) is 7.49. The minimum absolute atomic E-state index is 0.136. The minimum Gasteiger partial charge on any atom is -0.295 e. The van der Waals surface area contributed by atoms with E-state index in [2.05, 4.69) is 20.8 Å². The van der Waals surface area contributed by atoms with E-state index in [0.717, 1.165) is 19.3 Å². The van der Waals surface area contributed by atoms with Crippen LogP contribution in [0.1, 0.15) is 81.6 Å². The van der Waals surface area contributed by atoms with Crippen molar-refractivity contribution in [2.45, 2.75) is 97.5 Å². The zero-order valence-electron chi connectivity index (χ0n) is 14.7.